The number of methoxy groups -OCH3 is 2. The summed E-state index contributed by atoms with van der Waals surface area (Å²) in [5, 5.41) is 0.0497. The fraction of sp³-hybridized carbons (Fsp3) is 0.600. The van der Waals surface area contributed by atoms with Crippen molar-refractivity contribution in [3.8, 4) is 11.5 Å². The Labute approximate surface area is 144 Å². The Balaban J connectivity index is 3.30. The largest absolute Gasteiger partial charge is 0.495 e. The summed E-state index contributed by atoms with van der Waals surface area (Å²) >= 11 is 0. The molecular formula is C15H25ClO5SSi. The number of ether oxygens (including phenoxy) is 2. The molecule has 0 aliphatic heterocycles. The minimum atomic E-state index is -4.02. The van der Waals surface area contributed by atoms with Crippen LogP contribution in [0.3, 0.4) is 0 Å². The maximum Gasteiger partial charge on any atom is 0.268 e. The van der Waals surface area contributed by atoms with E-state index in [9.17, 15) is 8.42 Å². The Morgan fingerprint density at radius 1 is 1.13 bits per heavy atom. The van der Waals surface area contributed by atoms with Gasteiger partial charge in [0.05, 0.1) is 20.8 Å². The van der Waals surface area contributed by atoms with Crippen LogP contribution in [0.4, 0.5) is 0 Å². The predicted octanol–water partition coefficient (Wildman–Crippen LogP) is 4.15. The minimum Gasteiger partial charge on any atom is -0.495 e. The van der Waals surface area contributed by atoms with Crippen molar-refractivity contribution in [3.63, 3.8) is 0 Å². The predicted molar refractivity (Wildman–Crippen MR) is 94.6 cm³/mol. The molecule has 0 N–H and O–H groups in total. The van der Waals surface area contributed by atoms with Crippen LogP contribution in [0.25, 0.3) is 0 Å². The Morgan fingerprint density at radius 3 is 2.09 bits per heavy atom. The Hall–Kier alpha value is -0.763. The summed E-state index contributed by atoms with van der Waals surface area (Å²) in [5.41, 5.74) is 0.623. The van der Waals surface area contributed by atoms with Gasteiger partial charge in [-0.15, -0.1) is 0 Å². The third-order valence-corrected chi connectivity index (χ3v) is 10.0. The molecule has 0 aliphatic carbocycles. The number of benzene rings is 1. The van der Waals surface area contributed by atoms with E-state index in [0.717, 1.165) is 0 Å². The molecule has 0 amide bonds. The van der Waals surface area contributed by atoms with Crippen LogP contribution in [0.1, 0.15) is 26.3 Å². The van der Waals surface area contributed by atoms with Crippen LogP contribution in [-0.4, -0.2) is 31.0 Å². The molecule has 132 valence electrons. The quantitative estimate of drug-likeness (QED) is 0.547. The molecule has 0 spiro atoms. The van der Waals surface area contributed by atoms with Gasteiger partial charge in [-0.05, 0) is 30.3 Å². The fourth-order valence-electron chi connectivity index (χ4n) is 1.79. The van der Waals surface area contributed by atoms with E-state index in [1.807, 2.05) is 0 Å². The second-order valence-corrected chi connectivity index (χ2v) is 14.1. The summed E-state index contributed by atoms with van der Waals surface area (Å²) in [5.74, 6) is 0.311. The van der Waals surface area contributed by atoms with E-state index in [2.05, 4.69) is 33.9 Å². The van der Waals surface area contributed by atoms with Gasteiger partial charge in [-0.1, -0.05) is 20.8 Å². The van der Waals surface area contributed by atoms with E-state index in [0.29, 0.717) is 5.56 Å². The third kappa shape index (κ3) is 4.62. The zero-order valence-corrected chi connectivity index (χ0v) is 17.3. The normalized spacial score (nSPS) is 13.0. The van der Waals surface area contributed by atoms with Crippen LogP contribution in [0, 0.1) is 0 Å². The fourth-order valence-corrected chi connectivity index (χ4v) is 4.00. The maximum absolute atomic E-state index is 11.9. The minimum absolute atomic E-state index is 0.0497. The maximum atomic E-state index is 11.9. The summed E-state index contributed by atoms with van der Waals surface area (Å²) in [6, 6.07) is 3.29. The van der Waals surface area contributed by atoms with E-state index < -0.39 is 17.4 Å². The molecule has 1 aromatic rings. The smallest absolute Gasteiger partial charge is 0.268 e. The average Bonchev–Trinajstić information content (AvgIpc) is 2.41. The number of hydrogen-bond acceptors (Lipinski definition) is 5. The van der Waals surface area contributed by atoms with Gasteiger partial charge in [0.1, 0.15) is 11.5 Å². The molecular weight excluding hydrogens is 356 g/mol. The first-order valence-corrected chi connectivity index (χ1v) is 12.4. The molecule has 0 aliphatic rings. The van der Waals surface area contributed by atoms with Crippen molar-refractivity contribution in [1.29, 1.82) is 0 Å². The lowest BCUT2D eigenvalue weighted by atomic mass is 10.2. The average molecular weight is 381 g/mol. The molecule has 0 bridgehead atoms. The summed E-state index contributed by atoms with van der Waals surface area (Å²) in [6.07, 6.45) is 0. The lowest BCUT2D eigenvalue weighted by Gasteiger charge is -2.36. The summed E-state index contributed by atoms with van der Waals surface area (Å²) < 4.78 is 40.3. The number of hydrogen-bond donors (Lipinski definition) is 0. The lowest BCUT2D eigenvalue weighted by Crippen LogP contribution is -2.40. The van der Waals surface area contributed by atoms with Gasteiger partial charge in [0.25, 0.3) is 9.05 Å². The van der Waals surface area contributed by atoms with Crippen molar-refractivity contribution in [2.45, 2.75) is 50.4 Å². The molecule has 0 saturated heterocycles. The first-order chi connectivity index (χ1) is 10.3. The molecule has 5 nitrogen and oxygen atoms in total. The van der Waals surface area contributed by atoms with Crippen LogP contribution in [0.15, 0.2) is 17.0 Å². The van der Waals surface area contributed by atoms with Crippen molar-refractivity contribution in [2.75, 3.05) is 14.2 Å². The molecule has 0 radical (unpaired) electrons. The van der Waals surface area contributed by atoms with E-state index >= 15 is 0 Å². The van der Waals surface area contributed by atoms with Gasteiger partial charge in [-0.25, -0.2) is 8.42 Å². The van der Waals surface area contributed by atoms with Crippen molar-refractivity contribution < 1.29 is 22.3 Å². The van der Waals surface area contributed by atoms with Gasteiger partial charge >= 0.3 is 0 Å². The van der Waals surface area contributed by atoms with Crippen molar-refractivity contribution in [1.82, 2.24) is 0 Å². The zero-order valence-electron chi connectivity index (χ0n) is 14.7. The zero-order chi connectivity index (χ0) is 18.1. The van der Waals surface area contributed by atoms with E-state index in [4.69, 9.17) is 24.6 Å². The van der Waals surface area contributed by atoms with Crippen LogP contribution in [0.5, 0.6) is 11.5 Å². The van der Waals surface area contributed by atoms with Crippen molar-refractivity contribution in [2.24, 2.45) is 0 Å². The van der Waals surface area contributed by atoms with Gasteiger partial charge in [0.15, 0.2) is 13.2 Å². The van der Waals surface area contributed by atoms with Crippen LogP contribution < -0.4 is 9.47 Å². The highest BCUT2D eigenvalue weighted by molar-refractivity contribution is 8.14. The van der Waals surface area contributed by atoms with Crippen molar-refractivity contribution >= 4 is 28.1 Å². The van der Waals surface area contributed by atoms with Crippen LogP contribution in [-0.2, 0) is 20.1 Å². The molecule has 0 fully saturated rings. The molecule has 1 aromatic carbocycles. The van der Waals surface area contributed by atoms with E-state index in [1.165, 1.54) is 14.2 Å². The van der Waals surface area contributed by atoms with E-state index in [-0.39, 0.29) is 28.0 Å². The summed E-state index contributed by atoms with van der Waals surface area (Å²) in [7, 11) is 2.33. The summed E-state index contributed by atoms with van der Waals surface area (Å²) in [6.45, 7) is 10.9. The molecule has 0 atom stereocenters. The molecule has 0 saturated carbocycles. The van der Waals surface area contributed by atoms with Gasteiger partial charge in [-0.3, -0.25) is 0 Å². The third-order valence-electron chi connectivity index (χ3n) is 4.22. The topological polar surface area (TPSA) is 61.8 Å². The molecule has 0 heterocycles. The second-order valence-electron chi connectivity index (χ2n) is 6.78. The molecule has 23 heavy (non-hydrogen) atoms. The monoisotopic (exact) mass is 380 g/mol. The summed E-state index contributed by atoms with van der Waals surface area (Å²) in [4.78, 5) is -0.166. The highest BCUT2D eigenvalue weighted by atomic mass is 35.7. The van der Waals surface area contributed by atoms with Gasteiger partial charge in [-0.2, -0.15) is 0 Å². The standard InChI is InChI=1S/C15H25ClO5SSi/c1-15(2,3)23(6,7)21-10-11-8-9-12(19-4)14(13(11)20-5)22(16,17)18/h8-9H,10H2,1-7H3. The van der Waals surface area contributed by atoms with Gasteiger partial charge in [0.2, 0.25) is 0 Å². The first kappa shape index (κ1) is 20.3. The second kappa shape index (κ2) is 7.00. The molecule has 1 rings (SSSR count). The van der Waals surface area contributed by atoms with Gasteiger partial charge in [0, 0.05) is 16.2 Å². The van der Waals surface area contributed by atoms with Gasteiger partial charge < -0.3 is 13.9 Å². The van der Waals surface area contributed by atoms with Crippen LogP contribution >= 0.6 is 10.7 Å². The van der Waals surface area contributed by atoms with Crippen LogP contribution in [0.2, 0.25) is 18.1 Å². The Bertz CT molecular complexity index is 665. The first-order valence-electron chi connectivity index (χ1n) is 7.17. The van der Waals surface area contributed by atoms with E-state index in [1.54, 1.807) is 12.1 Å². The molecule has 0 aromatic heterocycles. The lowest BCUT2D eigenvalue weighted by molar-refractivity contribution is 0.267. The highest BCUT2D eigenvalue weighted by Gasteiger charge is 2.37. The Kier molecular flexibility index (Phi) is 6.18. The highest BCUT2D eigenvalue weighted by Crippen LogP contribution is 2.41. The molecule has 8 heteroatoms. The molecule has 0 unspecified atom stereocenters. The number of rotatable bonds is 6. The van der Waals surface area contributed by atoms with Crippen molar-refractivity contribution in [3.05, 3.63) is 17.7 Å². The SMILES string of the molecule is COc1ccc(CO[Si](C)(C)C(C)(C)C)c(OC)c1S(=O)(=O)Cl. The number of halogens is 1. The Morgan fingerprint density at radius 2 is 1.70 bits per heavy atom.